The van der Waals surface area contributed by atoms with E-state index in [4.69, 9.17) is 28.9 Å². The second kappa shape index (κ2) is 5.46. The molecule has 94 valence electrons. The third-order valence-electron chi connectivity index (χ3n) is 2.66. The molecule has 2 aromatic rings. The first-order valence-corrected chi connectivity index (χ1v) is 6.18. The smallest absolute Gasteiger partial charge is 0.0738 e. The van der Waals surface area contributed by atoms with Crippen molar-refractivity contribution < 1.29 is 0 Å². The van der Waals surface area contributed by atoms with Gasteiger partial charge < -0.3 is 10.6 Å². The number of nitrogen functional groups attached to an aromatic ring is 1. The first-order chi connectivity index (χ1) is 8.58. The normalized spacial score (nSPS) is 10.4. The molecular formula is C13H13Cl2N3. The molecule has 0 bridgehead atoms. The number of nitrogens with zero attached hydrogens (tertiary/aromatic N) is 2. The van der Waals surface area contributed by atoms with Gasteiger partial charge in [0.2, 0.25) is 0 Å². The van der Waals surface area contributed by atoms with Gasteiger partial charge in [0.15, 0.2) is 0 Å². The van der Waals surface area contributed by atoms with Crippen LogP contribution in [-0.4, -0.2) is 12.0 Å². The highest BCUT2D eigenvalue weighted by molar-refractivity contribution is 6.35. The molecule has 0 aliphatic heterocycles. The SMILES string of the molecule is CN(Cc1ccc(Cl)cc1Cl)c1ccncc1N. The van der Waals surface area contributed by atoms with Crippen LogP contribution in [0.25, 0.3) is 0 Å². The second-order valence-corrected chi connectivity index (χ2v) is 4.87. The van der Waals surface area contributed by atoms with Crippen molar-refractivity contribution in [3.8, 4) is 0 Å². The Morgan fingerprint density at radius 2 is 2.06 bits per heavy atom. The number of nitrogens with two attached hydrogens (primary N) is 1. The van der Waals surface area contributed by atoms with Crippen LogP contribution in [0, 0.1) is 0 Å². The predicted molar refractivity (Wildman–Crippen MR) is 77.2 cm³/mol. The summed E-state index contributed by atoms with van der Waals surface area (Å²) in [5, 5.41) is 1.29. The van der Waals surface area contributed by atoms with Gasteiger partial charge in [0.25, 0.3) is 0 Å². The maximum atomic E-state index is 6.15. The molecule has 0 amide bonds. The van der Waals surface area contributed by atoms with Gasteiger partial charge in [0.05, 0.1) is 17.6 Å². The molecule has 0 radical (unpaired) electrons. The number of aromatic nitrogens is 1. The number of halogens is 2. The zero-order valence-electron chi connectivity index (χ0n) is 9.90. The van der Waals surface area contributed by atoms with Gasteiger partial charge in [-0.2, -0.15) is 0 Å². The van der Waals surface area contributed by atoms with Crippen molar-refractivity contribution in [2.24, 2.45) is 0 Å². The van der Waals surface area contributed by atoms with Crippen molar-refractivity contribution in [2.75, 3.05) is 17.7 Å². The Morgan fingerprint density at radius 3 is 2.72 bits per heavy atom. The van der Waals surface area contributed by atoms with Crippen LogP contribution < -0.4 is 10.6 Å². The fourth-order valence-electron chi connectivity index (χ4n) is 1.74. The Labute approximate surface area is 116 Å². The van der Waals surface area contributed by atoms with Gasteiger partial charge >= 0.3 is 0 Å². The fourth-order valence-corrected chi connectivity index (χ4v) is 2.21. The van der Waals surface area contributed by atoms with Crippen molar-refractivity contribution >= 4 is 34.6 Å². The molecule has 3 nitrogen and oxygen atoms in total. The summed E-state index contributed by atoms with van der Waals surface area (Å²) >= 11 is 12.0. The molecule has 0 unspecified atom stereocenters. The minimum Gasteiger partial charge on any atom is -0.396 e. The van der Waals surface area contributed by atoms with Crippen molar-refractivity contribution in [3.05, 3.63) is 52.3 Å². The lowest BCUT2D eigenvalue weighted by Crippen LogP contribution is -2.18. The van der Waals surface area contributed by atoms with Crippen LogP contribution >= 0.6 is 23.2 Å². The summed E-state index contributed by atoms with van der Waals surface area (Å²) in [6.07, 6.45) is 3.35. The van der Waals surface area contributed by atoms with Crippen molar-refractivity contribution in [2.45, 2.75) is 6.54 Å². The van der Waals surface area contributed by atoms with Gasteiger partial charge in [-0.3, -0.25) is 4.98 Å². The predicted octanol–water partition coefficient (Wildman–Crippen LogP) is 3.61. The lowest BCUT2D eigenvalue weighted by molar-refractivity contribution is 0.923. The highest BCUT2D eigenvalue weighted by atomic mass is 35.5. The van der Waals surface area contributed by atoms with Crippen LogP contribution in [0.4, 0.5) is 11.4 Å². The molecule has 2 N–H and O–H groups in total. The first-order valence-electron chi connectivity index (χ1n) is 5.42. The Hall–Kier alpha value is -1.45. The molecular weight excluding hydrogens is 269 g/mol. The fraction of sp³-hybridized carbons (Fsp3) is 0.154. The van der Waals surface area contributed by atoms with Crippen LogP contribution in [0.1, 0.15) is 5.56 Å². The van der Waals surface area contributed by atoms with Gasteiger partial charge in [-0.1, -0.05) is 29.3 Å². The molecule has 18 heavy (non-hydrogen) atoms. The molecule has 0 atom stereocenters. The minimum absolute atomic E-state index is 0.634. The van der Waals surface area contributed by atoms with Crippen molar-refractivity contribution in [1.29, 1.82) is 0 Å². The molecule has 0 aliphatic carbocycles. The number of rotatable bonds is 3. The third-order valence-corrected chi connectivity index (χ3v) is 3.25. The standard InChI is InChI=1S/C13H13Cl2N3/c1-18(13-4-5-17-7-12(13)16)8-9-2-3-10(14)6-11(9)15/h2-7H,8,16H2,1H3. The van der Waals surface area contributed by atoms with E-state index < -0.39 is 0 Å². The summed E-state index contributed by atoms with van der Waals surface area (Å²) in [6.45, 7) is 0.657. The maximum Gasteiger partial charge on any atom is 0.0738 e. The monoisotopic (exact) mass is 281 g/mol. The maximum absolute atomic E-state index is 6.15. The number of hydrogen-bond acceptors (Lipinski definition) is 3. The summed E-state index contributed by atoms with van der Waals surface area (Å²) in [5.74, 6) is 0. The number of anilines is 2. The molecule has 5 heteroatoms. The Kier molecular flexibility index (Phi) is 3.94. The van der Waals surface area contributed by atoms with E-state index in [9.17, 15) is 0 Å². The van der Waals surface area contributed by atoms with Crippen LogP contribution in [-0.2, 0) is 6.54 Å². The number of hydrogen-bond donors (Lipinski definition) is 1. The second-order valence-electron chi connectivity index (χ2n) is 4.03. The topological polar surface area (TPSA) is 42.2 Å². The summed E-state index contributed by atoms with van der Waals surface area (Å²) in [5.41, 5.74) is 8.45. The van der Waals surface area contributed by atoms with Crippen LogP contribution in [0.5, 0.6) is 0 Å². The van der Waals surface area contributed by atoms with E-state index in [2.05, 4.69) is 4.98 Å². The molecule has 0 fully saturated rings. The van der Waals surface area contributed by atoms with Crippen molar-refractivity contribution in [3.63, 3.8) is 0 Å². The van der Waals surface area contributed by atoms with Crippen LogP contribution in [0.15, 0.2) is 36.7 Å². The summed E-state index contributed by atoms with van der Waals surface area (Å²) in [6, 6.07) is 7.35. The highest BCUT2D eigenvalue weighted by Gasteiger charge is 2.08. The van der Waals surface area contributed by atoms with E-state index in [0.29, 0.717) is 22.3 Å². The molecule has 1 aromatic carbocycles. The zero-order valence-corrected chi connectivity index (χ0v) is 11.4. The molecule has 0 saturated carbocycles. The lowest BCUT2D eigenvalue weighted by atomic mass is 10.2. The number of pyridine rings is 1. The van der Waals surface area contributed by atoms with E-state index in [0.717, 1.165) is 11.3 Å². The Morgan fingerprint density at radius 1 is 1.28 bits per heavy atom. The first kappa shape index (κ1) is 13.0. The van der Waals surface area contributed by atoms with Gasteiger partial charge in [-0.25, -0.2) is 0 Å². The van der Waals surface area contributed by atoms with E-state index in [1.165, 1.54) is 0 Å². The summed E-state index contributed by atoms with van der Waals surface area (Å²) in [4.78, 5) is 5.99. The third kappa shape index (κ3) is 2.86. The largest absolute Gasteiger partial charge is 0.396 e. The van der Waals surface area contributed by atoms with E-state index >= 15 is 0 Å². The molecule has 1 aromatic heterocycles. The quantitative estimate of drug-likeness (QED) is 0.935. The van der Waals surface area contributed by atoms with Crippen LogP contribution in [0.2, 0.25) is 10.0 Å². The lowest BCUT2D eigenvalue weighted by Gasteiger charge is -2.21. The van der Waals surface area contributed by atoms with Crippen LogP contribution in [0.3, 0.4) is 0 Å². The minimum atomic E-state index is 0.634. The summed E-state index contributed by atoms with van der Waals surface area (Å²) in [7, 11) is 1.95. The average molecular weight is 282 g/mol. The van der Waals surface area contributed by atoms with Gasteiger partial charge in [0.1, 0.15) is 0 Å². The van der Waals surface area contributed by atoms with Crippen molar-refractivity contribution in [1.82, 2.24) is 4.98 Å². The molecule has 0 spiro atoms. The van der Waals surface area contributed by atoms with E-state index in [1.54, 1.807) is 18.5 Å². The number of benzene rings is 1. The van der Waals surface area contributed by atoms with E-state index in [-0.39, 0.29) is 0 Å². The van der Waals surface area contributed by atoms with E-state index in [1.807, 2.05) is 30.1 Å². The Bertz CT molecular complexity index is 558. The highest BCUT2D eigenvalue weighted by Crippen LogP contribution is 2.26. The average Bonchev–Trinajstić information content (AvgIpc) is 2.33. The van der Waals surface area contributed by atoms with Gasteiger partial charge in [-0.15, -0.1) is 0 Å². The summed E-state index contributed by atoms with van der Waals surface area (Å²) < 4.78 is 0. The van der Waals surface area contributed by atoms with Gasteiger partial charge in [-0.05, 0) is 23.8 Å². The molecule has 0 saturated heterocycles. The molecule has 1 heterocycles. The molecule has 2 rings (SSSR count). The van der Waals surface area contributed by atoms with Gasteiger partial charge in [0, 0.05) is 29.8 Å². The Balaban J connectivity index is 2.21. The molecule has 0 aliphatic rings. The zero-order chi connectivity index (χ0) is 13.1.